The molecule has 0 spiro atoms. The summed E-state index contributed by atoms with van der Waals surface area (Å²) in [4.78, 5) is 11.6. The summed E-state index contributed by atoms with van der Waals surface area (Å²) in [7, 11) is 1.69. The topological polar surface area (TPSA) is 55.6 Å². The van der Waals surface area contributed by atoms with Crippen molar-refractivity contribution in [1.82, 2.24) is 19.5 Å². The Labute approximate surface area is 92.7 Å². The highest BCUT2D eigenvalue weighted by Gasteiger charge is 2.11. The second-order valence-corrected chi connectivity index (χ2v) is 3.55. The van der Waals surface area contributed by atoms with Crippen molar-refractivity contribution >= 4 is 17.0 Å². The van der Waals surface area contributed by atoms with E-state index in [1.807, 2.05) is 4.57 Å². The molecule has 16 heavy (non-hydrogen) atoms. The van der Waals surface area contributed by atoms with E-state index in [4.69, 9.17) is 0 Å². The Morgan fingerprint density at radius 2 is 2.25 bits per heavy atom. The Morgan fingerprint density at radius 3 is 2.94 bits per heavy atom. The van der Waals surface area contributed by atoms with Crippen LogP contribution in [-0.2, 0) is 6.54 Å². The summed E-state index contributed by atoms with van der Waals surface area (Å²) in [6.07, 6.45) is 3.04. The maximum atomic E-state index is 13.2. The van der Waals surface area contributed by atoms with Crippen LogP contribution in [0.1, 0.15) is 19.8 Å². The zero-order chi connectivity index (χ0) is 11.5. The summed E-state index contributed by atoms with van der Waals surface area (Å²) in [6.45, 7) is 2.90. The monoisotopic (exact) mass is 223 g/mol. The van der Waals surface area contributed by atoms with Crippen LogP contribution in [0.15, 0.2) is 6.33 Å². The van der Waals surface area contributed by atoms with Crippen molar-refractivity contribution in [2.24, 2.45) is 0 Å². The average molecular weight is 223 g/mol. The van der Waals surface area contributed by atoms with Crippen LogP contribution in [0.4, 0.5) is 10.2 Å². The number of anilines is 1. The second kappa shape index (κ2) is 4.42. The minimum Gasteiger partial charge on any atom is -0.371 e. The van der Waals surface area contributed by atoms with E-state index in [9.17, 15) is 4.39 Å². The van der Waals surface area contributed by atoms with E-state index < -0.39 is 6.08 Å². The maximum Gasteiger partial charge on any atom is 0.312 e. The Bertz CT molecular complexity index is 493. The molecule has 0 saturated carbocycles. The van der Waals surface area contributed by atoms with Crippen LogP contribution >= 0.6 is 0 Å². The first kappa shape index (κ1) is 10.8. The van der Waals surface area contributed by atoms with Crippen molar-refractivity contribution in [3.8, 4) is 0 Å². The van der Waals surface area contributed by atoms with E-state index in [1.165, 1.54) is 0 Å². The number of nitrogens with zero attached hydrogens (tertiary/aromatic N) is 4. The summed E-state index contributed by atoms with van der Waals surface area (Å²) >= 11 is 0. The molecule has 0 bridgehead atoms. The fourth-order valence-electron chi connectivity index (χ4n) is 1.58. The molecule has 86 valence electrons. The molecule has 2 aromatic heterocycles. The first-order valence-electron chi connectivity index (χ1n) is 5.32. The van der Waals surface area contributed by atoms with Gasteiger partial charge >= 0.3 is 6.08 Å². The van der Waals surface area contributed by atoms with E-state index in [1.54, 1.807) is 13.4 Å². The third-order valence-corrected chi connectivity index (χ3v) is 2.43. The van der Waals surface area contributed by atoms with Crippen LogP contribution in [0.25, 0.3) is 11.2 Å². The van der Waals surface area contributed by atoms with Crippen LogP contribution in [0.5, 0.6) is 0 Å². The number of imidazole rings is 1. The van der Waals surface area contributed by atoms with Crippen LogP contribution in [-0.4, -0.2) is 26.6 Å². The maximum absolute atomic E-state index is 13.2. The third-order valence-electron chi connectivity index (χ3n) is 2.43. The minimum atomic E-state index is -0.727. The number of unbranched alkanes of at least 4 members (excludes halogenated alkanes) is 1. The minimum absolute atomic E-state index is 0.428. The number of rotatable bonds is 4. The van der Waals surface area contributed by atoms with Crippen molar-refractivity contribution < 1.29 is 4.39 Å². The molecule has 0 saturated heterocycles. The van der Waals surface area contributed by atoms with Gasteiger partial charge in [-0.2, -0.15) is 14.4 Å². The molecule has 0 fully saturated rings. The molecule has 1 N–H and O–H groups in total. The van der Waals surface area contributed by atoms with E-state index in [-0.39, 0.29) is 0 Å². The fraction of sp³-hybridized carbons (Fsp3) is 0.500. The summed E-state index contributed by atoms with van der Waals surface area (Å²) in [5.74, 6) is 0.428. The van der Waals surface area contributed by atoms with Gasteiger partial charge in [0.2, 0.25) is 0 Å². The molecule has 2 rings (SSSR count). The molecular weight excluding hydrogens is 209 g/mol. The van der Waals surface area contributed by atoms with Crippen molar-refractivity contribution in [2.45, 2.75) is 26.3 Å². The highest BCUT2D eigenvalue weighted by molar-refractivity contribution is 5.82. The second-order valence-electron chi connectivity index (χ2n) is 3.55. The van der Waals surface area contributed by atoms with Gasteiger partial charge in [0, 0.05) is 13.6 Å². The van der Waals surface area contributed by atoms with Gasteiger partial charge in [0.25, 0.3) is 0 Å². The van der Waals surface area contributed by atoms with Gasteiger partial charge in [0.15, 0.2) is 17.0 Å². The molecule has 0 aliphatic heterocycles. The Balaban J connectivity index is 2.49. The normalized spacial score (nSPS) is 10.9. The molecule has 0 radical (unpaired) electrons. The van der Waals surface area contributed by atoms with E-state index in [2.05, 4.69) is 27.2 Å². The molecule has 6 heteroatoms. The van der Waals surface area contributed by atoms with Crippen molar-refractivity contribution in [1.29, 1.82) is 0 Å². The molecule has 0 aromatic carbocycles. The molecule has 0 atom stereocenters. The zero-order valence-electron chi connectivity index (χ0n) is 9.37. The molecule has 2 aromatic rings. The van der Waals surface area contributed by atoms with Gasteiger partial charge in [-0.25, -0.2) is 4.98 Å². The Kier molecular flexibility index (Phi) is 2.98. The van der Waals surface area contributed by atoms with Crippen LogP contribution in [0.3, 0.4) is 0 Å². The van der Waals surface area contributed by atoms with Gasteiger partial charge < -0.3 is 9.88 Å². The van der Waals surface area contributed by atoms with Gasteiger partial charge in [-0.05, 0) is 6.42 Å². The molecule has 0 unspecified atom stereocenters. The number of aryl methyl sites for hydroxylation is 1. The summed E-state index contributed by atoms with van der Waals surface area (Å²) in [5.41, 5.74) is 1.16. The third kappa shape index (κ3) is 1.82. The van der Waals surface area contributed by atoms with Gasteiger partial charge in [0.05, 0.1) is 6.33 Å². The van der Waals surface area contributed by atoms with Crippen molar-refractivity contribution in [3.05, 3.63) is 12.4 Å². The fourth-order valence-corrected chi connectivity index (χ4v) is 1.58. The van der Waals surface area contributed by atoms with Gasteiger partial charge in [-0.1, -0.05) is 13.3 Å². The van der Waals surface area contributed by atoms with Crippen LogP contribution in [0, 0.1) is 6.08 Å². The number of aromatic nitrogens is 4. The average Bonchev–Trinajstić information content (AvgIpc) is 2.68. The van der Waals surface area contributed by atoms with E-state index >= 15 is 0 Å². The predicted octanol–water partition coefficient (Wildman–Crippen LogP) is 1.81. The first-order valence-corrected chi connectivity index (χ1v) is 5.32. The number of halogens is 1. The Morgan fingerprint density at radius 1 is 1.44 bits per heavy atom. The summed E-state index contributed by atoms with van der Waals surface area (Å²) in [6, 6.07) is 0. The lowest BCUT2D eigenvalue weighted by atomic mass is 10.3. The smallest absolute Gasteiger partial charge is 0.312 e. The van der Waals surface area contributed by atoms with E-state index in [0.29, 0.717) is 17.0 Å². The predicted molar refractivity (Wildman–Crippen MR) is 59.7 cm³/mol. The quantitative estimate of drug-likeness (QED) is 0.803. The lowest BCUT2D eigenvalue weighted by molar-refractivity contribution is 0.541. The van der Waals surface area contributed by atoms with E-state index in [0.717, 1.165) is 19.4 Å². The number of nitrogens with one attached hydrogen (secondary N) is 1. The number of hydrogen-bond donors (Lipinski definition) is 1. The molecule has 0 amide bonds. The molecule has 0 aliphatic carbocycles. The lowest BCUT2D eigenvalue weighted by Crippen LogP contribution is -2.02. The van der Waals surface area contributed by atoms with Crippen LogP contribution < -0.4 is 5.32 Å². The summed E-state index contributed by atoms with van der Waals surface area (Å²) < 4.78 is 15.0. The van der Waals surface area contributed by atoms with Gasteiger partial charge in [-0.15, -0.1) is 0 Å². The summed E-state index contributed by atoms with van der Waals surface area (Å²) in [5, 5.41) is 2.81. The standard InChI is InChI=1S/C10H14FN5/c1-3-4-5-16-6-13-7-8(12-2)14-10(11)15-9(7)16/h6H,3-5H2,1-2H3,(H,12,14,15). The van der Waals surface area contributed by atoms with Crippen molar-refractivity contribution in [3.63, 3.8) is 0 Å². The zero-order valence-corrected chi connectivity index (χ0v) is 9.37. The van der Waals surface area contributed by atoms with Crippen LogP contribution in [0.2, 0.25) is 0 Å². The number of fused-ring (bicyclic) bond motifs is 1. The number of hydrogen-bond acceptors (Lipinski definition) is 4. The molecule has 2 heterocycles. The molecule has 5 nitrogen and oxygen atoms in total. The molecular formula is C10H14FN5. The highest BCUT2D eigenvalue weighted by Crippen LogP contribution is 2.18. The SMILES string of the molecule is CCCCn1cnc2c(NC)nc(F)nc21. The largest absolute Gasteiger partial charge is 0.371 e. The lowest BCUT2D eigenvalue weighted by Gasteiger charge is -2.03. The van der Waals surface area contributed by atoms with Gasteiger partial charge in [0.1, 0.15) is 0 Å². The molecule has 0 aliphatic rings. The first-order chi connectivity index (χ1) is 7.76. The van der Waals surface area contributed by atoms with Gasteiger partial charge in [-0.3, -0.25) is 0 Å². The highest BCUT2D eigenvalue weighted by atomic mass is 19.1. The Hall–Kier alpha value is -1.72. The van der Waals surface area contributed by atoms with Crippen molar-refractivity contribution in [2.75, 3.05) is 12.4 Å².